The van der Waals surface area contributed by atoms with Gasteiger partial charge >= 0.3 is 5.97 Å². The average molecular weight is 387 g/mol. The largest absolute Gasteiger partial charge is 0.454 e. The zero-order valence-electron chi connectivity index (χ0n) is 15.0. The van der Waals surface area contributed by atoms with Crippen LogP contribution in [0.5, 0.6) is 0 Å². The van der Waals surface area contributed by atoms with E-state index in [0.717, 1.165) is 11.1 Å². The first-order valence-corrected chi connectivity index (χ1v) is 8.86. The molecule has 8 heteroatoms. The van der Waals surface area contributed by atoms with Gasteiger partial charge in [0.05, 0.1) is 13.2 Å². The minimum absolute atomic E-state index is 0.106. The van der Waals surface area contributed by atoms with E-state index in [9.17, 15) is 20.0 Å². The molecule has 0 unspecified atom stereocenters. The maximum Gasteiger partial charge on any atom is 0.338 e. The summed E-state index contributed by atoms with van der Waals surface area (Å²) in [7, 11) is 0. The minimum Gasteiger partial charge on any atom is -0.454 e. The fraction of sp³-hybridized carbons (Fsp3) is 0.350. The molecule has 1 saturated heterocycles. The van der Waals surface area contributed by atoms with Gasteiger partial charge in [-0.1, -0.05) is 60.7 Å². The van der Waals surface area contributed by atoms with Gasteiger partial charge in [0.15, 0.2) is 18.3 Å². The molecule has 0 aromatic heterocycles. The van der Waals surface area contributed by atoms with Crippen LogP contribution >= 0.6 is 0 Å². The number of rotatable bonds is 9. The number of hydrogen-bond acceptors (Lipinski definition) is 7. The van der Waals surface area contributed by atoms with Crippen LogP contribution in [-0.2, 0) is 32.2 Å². The van der Waals surface area contributed by atoms with E-state index < -0.39 is 41.9 Å². The van der Waals surface area contributed by atoms with Crippen molar-refractivity contribution < 1.29 is 29.0 Å². The van der Waals surface area contributed by atoms with Crippen molar-refractivity contribution >= 4 is 5.97 Å². The van der Waals surface area contributed by atoms with Crippen molar-refractivity contribution in [2.75, 3.05) is 6.54 Å². The molecule has 2 aromatic rings. The van der Waals surface area contributed by atoms with Crippen molar-refractivity contribution in [1.82, 2.24) is 0 Å². The minimum atomic E-state index is -1.52. The molecule has 1 fully saturated rings. The molecule has 2 aromatic carbocycles. The van der Waals surface area contributed by atoms with Crippen LogP contribution in [0.4, 0.5) is 0 Å². The van der Waals surface area contributed by atoms with E-state index in [1.54, 1.807) is 0 Å². The zero-order chi connectivity index (χ0) is 19.9. The van der Waals surface area contributed by atoms with Gasteiger partial charge in [-0.2, -0.15) is 0 Å². The van der Waals surface area contributed by atoms with Gasteiger partial charge in [0, 0.05) is 4.92 Å². The van der Waals surface area contributed by atoms with Crippen LogP contribution in [0.3, 0.4) is 0 Å². The number of esters is 1. The summed E-state index contributed by atoms with van der Waals surface area (Å²) in [6.07, 6.45) is -4.73. The Balaban J connectivity index is 1.71. The molecule has 0 radical (unpaired) electrons. The molecule has 28 heavy (non-hydrogen) atoms. The molecule has 0 saturated carbocycles. The molecule has 0 bridgehead atoms. The second-order valence-corrected chi connectivity index (χ2v) is 6.46. The molecule has 4 atom stereocenters. The first-order chi connectivity index (χ1) is 13.5. The molecule has 0 aliphatic carbocycles. The molecule has 1 aliphatic heterocycles. The Morgan fingerprint density at radius 1 is 1.04 bits per heavy atom. The van der Waals surface area contributed by atoms with E-state index in [0.29, 0.717) is 0 Å². The summed E-state index contributed by atoms with van der Waals surface area (Å²) < 4.78 is 16.6. The third-order valence-corrected chi connectivity index (χ3v) is 4.42. The highest BCUT2D eigenvalue weighted by molar-refractivity contribution is 5.77. The van der Waals surface area contributed by atoms with Gasteiger partial charge in [-0.05, 0) is 11.1 Å². The Hall–Kier alpha value is -2.81. The zero-order valence-corrected chi connectivity index (χ0v) is 15.0. The Morgan fingerprint density at radius 3 is 2.18 bits per heavy atom. The van der Waals surface area contributed by atoms with Crippen LogP contribution in [0.1, 0.15) is 11.1 Å². The highest BCUT2D eigenvalue weighted by atomic mass is 16.6. The van der Waals surface area contributed by atoms with Crippen molar-refractivity contribution in [3.63, 3.8) is 0 Å². The normalized spacial score (nSPS) is 22.6. The lowest BCUT2D eigenvalue weighted by Gasteiger charge is -2.25. The van der Waals surface area contributed by atoms with Gasteiger partial charge in [-0.25, -0.2) is 4.79 Å². The summed E-state index contributed by atoms with van der Waals surface area (Å²) in [5.41, 5.74) is 1.66. The molecule has 0 spiro atoms. The van der Waals surface area contributed by atoms with Crippen LogP contribution in [0.15, 0.2) is 60.7 Å². The lowest BCUT2D eigenvalue weighted by Crippen LogP contribution is -2.45. The maximum absolute atomic E-state index is 11.9. The van der Waals surface area contributed by atoms with Crippen molar-refractivity contribution in [3.8, 4) is 0 Å². The van der Waals surface area contributed by atoms with Gasteiger partial charge in [-0.3, -0.25) is 10.1 Å². The molecule has 1 aliphatic rings. The van der Waals surface area contributed by atoms with Crippen molar-refractivity contribution in [2.45, 2.75) is 37.6 Å². The first kappa shape index (κ1) is 19.9. The summed E-state index contributed by atoms with van der Waals surface area (Å²) >= 11 is 0. The predicted molar refractivity (Wildman–Crippen MR) is 97.8 cm³/mol. The summed E-state index contributed by atoms with van der Waals surface area (Å²) in [5.74, 6) is -0.875. The van der Waals surface area contributed by atoms with Gasteiger partial charge in [0.1, 0.15) is 6.10 Å². The number of aliphatic hydroxyl groups excluding tert-OH is 1. The van der Waals surface area contributed by atoms with Gasteiger partial charge in [0.25, 0.3) is 0 Å². The number of carbonyl (C=O) groups excluding carboxylic acids is 1. The van der Waals surface area contributed by atoms with E-state index in [4.69, 9.17) is 14.2 Å². The van der Waals surface area contributed by atoms with E-state index in [-0.39, 0.29) is 13.2 Å². The third-order valence-electron chi connectivity index (χ3n) is 4.42. The molecule has 8 nitrogen and oxygen atoms in total. The fourth-order valence-corrected chi connectivity index (χ4v) is 3.00. The quantitative estimate of drug-likeness (QED) is 0.396. The van der Waals surface area contributed by atoms with E-state index in [2.05, 4.69) is 0 Å². The summed E-state index contributed by atoms with van der Waals surface area (Å²) in [4.78, 5) is 22.5. The number of benzene rings is 2. The summed E-state index contributed by atoms with van der Waals surface area (Å²) in [6.45, 7) is -0.350. The van der Waals surface area contributed by atoms with Crippen LogP contribution in [0, 0.1) is 10.1 Å². The van der Waals surface area contributed by atoms with Gasteiger partial charge < -0.3 is 19.3 Å². The Labute approximate surface area is 161 Å². The highest BCUT2D eigenvalue weighted by Crippen LogP contribution is 2.25. The number of nitro groups is 1. The van der Waals surface area contributed by atoms with E-state index in [1.165, 1.54) is 0 Å². The summed E-state index contributed by atoms with van der Waals surface area (Å²) in [6, 6.07) is 18.3. The Bertz CT molecular complexity index is 784. The van der Waals surface area contributed by atoms with Crippen LogP contribution in [0.2, 0.25) is 0 Å². The third kappa shape index (κ3) is 5.13. The lowest BCUT2D eigenvalue weighted by atomic mass is 10.1. The number of aliphatic hydroxyl groups is 1. The van der Waals surface area contributed by atoms with Gasteiger partial charge in [-0.15, -0.1) is 0 Å². The Morgan fingerprint density at radius 2 is 1.61 bits per heavy atom. The molecule has 148 valence electrons. The van der Waals surface area contributed by atoms with Crippen molar-refractivity contribution in [2.24, 2.45) is 0 Å². The second-order valence-electron chi connectivity index (χ2n) is 6.46. The smallest absolute Gasteiger partial charge is 0.338 e. The first-order valence-electron chi connectivity index (χ1n) is 8.86. The molecule has 0 amide bonds. The monoisotopic (exact) mass is 387 g/mol. The maximum atomic E-state index is 11.9. The number of carbonyl (C=O) groups is 1. The van der Waals surface area contributed by atoms with Crippen molar-refractivity contribution in [3.05, 3.63) is 81.9 Å². The number of cyclic esters (lactones) is 1. The molecular formula is C20H21NO7. The molecular weight excluding hydrogens is 366 g/mol. The molecule has 3 rings (SSSR count). The predicted octanol–water partition coefficient (Wildman–Crippen LogP) is 1.72. The Kier molecular flexibility index (Phi) is 6.70. The van der Waals surface area contributed by atoms with Crippen LogP contribution in [-0.4, -0.2) is 47.0 Å². The lowest BCUT2D eigenvalue weighted by molar-refractivity contribution is -0.495. The number of ether oxygens (including phenoxy) is 3. The highest BCUT2D eigenvalue weighted by Gasteiger charge is 2.50. The van der Waals surface area contributed by atoms with Crippen LogP contribution in [0.25, 0.3) is 0 Å². The van der Waals surface area contributed by atoms with Crippen molar-refractivity contribution in [1.29, 1.82) is 0 Å². The fourth-order valence-electron chi connectivity index (χ4n) is 3.00. The standard InChI is InChI=1S/C20H21NO7/c22-17-19(27-13-15-9-5-2-6-10-15)18(28-20(17)23)16(11-21(24)25)26-12-14-7-3-1-4-8-14/h1-10,16-19,22H,11-13H2/t16-,17-,18-,19-/m1/s1. The molecule has 1 heterocycles. The van der Waals surface area contributed by atoms with E-state index in [1.807, 2.05) is 60.7 Å². The second kappa shape index (κ2) is 9.41. The molecule has 1 N–H and O–H groups in total. The topological polar surface area (TPSA) is 108 Å². The van der Waals surface area contributed by atoms with Crippen LogP contribution < -0.4 is 0 Å². The van der Waals surface area contributed by atoms with Gasteiger partial charge in [0.2, 0.25) is 6.54 Å². The number of hydrogen-bond donors (Lipinski definition) is 1. The number of nitrogens with zero attached hydrogens (tertiary/aromatic N) is 1. The SMILES string of the molecule is O=C1O[C@H]([C@@H](C[N+](=O)[O-])OCc2ccccc2)[C@H](OCc2ccccc2)[C@H]1O. The van der Waals surface area contributed by atoms with E-state index >= 15 is 0 Å². The summed E-state index contributed by atoms with van der Waals surface area (Å²) in [5, 5.41) is 21.3. The average Bonchev–Trinajstić information content (AvgIpc) is 2.99.